The maximum absolute atomic E-state index is 6.19. The van der Waals surface area contributed by atoms with Gasteiger partial charge >= 0.3 is 0 Å². The molecule has 2 N–H and O–H groups in total. The van der Waals surface area contributed by atoms with Gasteiger partial charge in [0.1, 0.15) is 11.5 Å². The van der Waals surface area contributed by atoms with Crippen LogP contribution >= 0.6 is 0 Å². The van der Waals surface area contributed by atoms with Crippen LogP contribution in [-0.2, 0) is 6.54 Å². The Labute approximate surface area is 122 Å². The van der Waals surface area contributed by atoms with E-state index in [9.17, 15) is 0 Å². The van der Waals surface area contributed by atoms with Crippen molar-refractivity contribution in [2.24, 2.45) is 11.7 Å². The summed E-state index contributed by atoms with van der Waals surface area (Å²) in [6, 6.07) is 6.00. The van der Waals surface area contributed by atoms with Gasteiger partial charge in [-0.25, -0.2) is 0 Å². The molecule has 0 spiro atoms. The van der Waals surface area contributed by atoms with Crippen molar-refractivity contribution < 1.29 is 9.47 Å². The molecule has 0 amide bonds. The van der Waals surface area contributed by atoms with E-state index < -0.39 is 0 Å². The molecule has 20 heavy (non-hydrogen) atoms. The molecule has 2 rings (SSSR count). The van der Waals surface area contributed by atoms with E-state index in [2.05, 4.69) is 13.8 Å². The molecule has 3 nitrogen and oxygen atoms in total. The van der Waals surface area contributed by atoms with Gasteiger partial charge < -0.3 is 15.2 Å². The van der Waals surface area contributed by atoms with Crippen molar-refractivity contribution in [3.8, 4) is 11.5 Å². The molecule has 0 aromatic heterocycles. The first-order chi connectivity index (χ1) is 9.72. The highest BCUT2D eigenvalue weighted by molar-refractivity contribution is 5.40. The Morgan fingerprint density at radius 2 is 1.95 bits per heavy atom. The van der Waals surface area contributed by atoms with Gasteiger partial charge in [-0.1, -0.05) is 19.9 Å². The van der Waals surface area contributed by atoms with Crippen molar-refractivity contribution in [3.63, 3.8) is 0 Å². The van der Waals surface area contributed by atoms with Crippen LogP contribution in [0.2, 0.25) is 0 Å². The molecule has 3 heteroatoms. The van der Waals surface area contributed by atoms with Crippen molar-refractivity contribution >= 4 is 0 Å². The first kappa shape index (κ1) is 15.2. The molecule has 0 saturated heterocycles. The monoisotopic (exact) mass is 277 g/mol. The standard InChI is InChI=1S/C17H27NO2/c1-3-10-19-16-9-6-14(12-18)17(11-16)20-15-7-4-13(2)5-8-15/h6,9,11,13,15H,3-5,7-8,10,12,18H2,1-2H3. The van der Waals surface area contributed by atoms with E-state index in [1.807, 2.05) is 18.2 Å². The highest BCUT2D eigenvalue weighted by Crippen LogP contribution is 2.31. The van der Waals surface area contributed by atoms with Crippen LogP contribution in [0.4, 0.5) is 0 Å². The minimum atomic E-state index is 0.331. The minimum absolute atomic E-state index is 0.331. The molecule has 1 aromatic rings. The Balaban J connectivity index is 2.03. The van der Waals surface area contributed by atoms with Crippen molar-refractivity contribution in [3.05, 3.63) is 23.8 Å². The molecular weight excluding hydrogens is 250 g/mol. The van der Waals surface area contributed by atoms with Crippen LogP contribution in [0.25, 0.3) is 0 Å². The van der Waals surface area contributed by atoms with Gasteiger partial charge in [0.25, 0.3) is 0 Å². The van der Waals surface area contributed by atoms with Crippen molar-refractivity contribution in [1.82, 2.24) is 0 Å². The molecule has 0 aliphatic heterocycles. The zero-order valence-corrected chi connectivity index (χ0v) is 12.7. The molecule has 0 unspecified atom stereocenters. The minimum Gasteiger partial charge on any atom is -0.493 e. The van der Waals surface area contributed by atoms with Crippen molar-refractivity contribution in [1.29, 1.82) is 0 Å². The highest BCUT2D eigenvalue weighted by Gasteiger charge is 2.20. The zero-order chi connectivity index (χ0) is 14.4. The number of benzene rings is 1. The fraction of sp³-hybridized carbons (Fsp3) is 0.647. The van der Waals surface area contributed by atoms with Crippen LogP contribution in [0.3, 0.4) is 0 Å². The predicted octanol–water partition coefficient (Wildman–Crippen LogP) is 3.89. The van der Waals surface area contributed by atoms with Crippen molar-refractivity contribution in [2.75, 3.05) is 6.61 Å². The van der Waals surface area contributed by atoms with Gasteiger partial charge in [-0.15, -0.1) is 0 Å². The van der Waals surface area contributed by atoms with Gasteiger partial charge in [0, 0.05) is 18.2 Å². The molecule has 0 bridgehead atoms. The Kier molecular flexibility index (Phi) is 5.72. The molecule has 112 valence electrons. The zero-order valence-electron chi connectivity index (χ0n) is 12.7. The second-order valence-corrected chi connectivity index (χ2v) is 5.82. The van der Waals surface area contributed by atoms with Crippen LogP contribution < -0.4 is 15.2 Å². The van der Waals surface area contributed by atoms with Crippen LogP contribution in [0.15, 0.2) is 18.2 Å². The maximum atomic E-state index is 6.19. The number of nitrogens with two attached hydrogens (primary N) is 1. The molecule has 1 fully saturated rings. The predicted molar refractivity (Wildman–Crippen MR) is 82.2 cm³/mol. The third-order valence-corrected chi connectivity index (χ3v) is 3.99. The van der Waals surface area contributed by atoms with Gasteiger partial charge in [0.2, 0.25) is 0 Å². The van der Waals surface area contributed by atoms with Gasteiger partial charge in [-0.05, 0) is 44.1 Å². The third-order valence-electron chi connectivity index (χ3n) is 3.99. The number of hydrogen-bond acceptors (Lipinski definition) is 3. The first-order valence-corrected chi connectivity index (χ1v) is 7.85. The Bertz CT molecular complexity index is 411. The average Bonchev–Trinajstić information content (AvgIpc) is 2.48. The molecule has 1 aliphatic carbocycles. The van der Waals surface area contributed by atoms with Gasteiger partial charge in [-0.3, -0.25) is 0 Å². The Hall–Kier alpha value is -1.22. The lowest BCUT2D eigenvalue weighted by Gasteiger charge is -2.27. The van der Waals surface area contributed by atoms with Crippen LogP contribution in [-0.4, -0.2) is 12.7 Å². The van der Waals surface area contributed by atoms with Gasteiger partial charge in [-0.2, -0.15) is 0 Å². The lowest BCUT2D eigenvalue weighted by Crippen LogP contribution is -2.23. The summed E-state index contributed by atoms with van der Waals surface area (Å²) < 4.78 is 11.9. The molecule has 0 atom stereocenters. The summed E-state index contributed by atoms with van der Waals surface area (Å²) in [5, 5.41) is 0. The van der Waals surface area contributed by atoms with E-state index in [1.165, 1.54) is 12.8 Å². The van der Waals surface area contributed by atoms with E-state index in [0.717, 1.165) is 48.8 Å². The average molecular weight is 277 g/mol. The summed E-state index contributed by atoms with van der Waals surface area (Å²) in [6.07, 6.45) is 6.15. The SMILES string of the molecule is CCCOc1ccc(CN)c(OC2CCC(C)CC2)c1. The van der Waals surface area contributed by atoms with E-state index >= 15 is 0 Å². The summed E-state index contributed by atoms with van der Waals surface area (Å²) in [7, 11) is 0. The summed E-state index contributed by atoms with van der Waals surface area (Å²) in [5.74, 6) is 2.62. The van der Waals surface area contributed by atoms with E-state index in [1.54, 1.807) is 0 Å². The normalized spacial score (nSPS) is 22.6. The summed E-state index contributed by atoms with van der Waals surface area (Å²) >= 11 is 0. The molecular formula is C17H27NO2. The van der Waals surface area contributed by atoms with E-state index in [0.29, 0.717) is 12.6 Å². The van der Waals surface area contributed by atoms with Crippen molar-refractivity contribution in [2.45, 2.75) is 58.6 Å². The maximum Gasteiger partial charge on any atom is 0.127 e. The fourth-order valence-corrected chi connectivity index (χ4v) is 2.65. The summed E-state index contributed by atoms with van der Waals surface area (Å²) in [5.41, 5.74) is 6.87. The third kappa shape index (κ3) is 4.14. The fourth-order valence-electron chi connectivity index (χ4n) is 2.65. The second-order valence-electron chi connectivity index (χ2n) is 5.82. The summed E-state index contributed by atoms with van der Waals surface area (Å²) in [6.45, 7) is 5.67. The number of hydrogen-bond donors (Lipinski definition) is 1. The van der Waals surface area contributed by atoms with Crippen LogP contribution in [0.5, 0.6) is 11.5 Å². The number of ether oxygens (including phenoxy) is 2. The molecule has 1 aliphatic rings. The lowest BCUT2D eigenvalue weighted by molar-refractivity contribution is 0.134. The topological polar surface area (TPSA) is 44.5 Å². The van der Waals surface area contributed by atoms with E-state index in [-0.39, 0.29) is 0 Å². The van der Waals surface area contributed by atoms with Gasteiger partial charge in [0.05, 0.1) is 12.7 Å². The first-order valence-electron chi connectivity index (χ1n) is 7.85. The smallest absolute Gasteiger partial charge is 0.127 e. The van der Waals surface area contributed by atoms with Gasteiger partial charge in [0.15, 0.2) is 0 Å². The molecule has 1 saturated carbocycles. The van der Waals surface area contributed by atoms with Crippen LogP contribution in [0.1, 0.15) is 51.5 Å². The Morgan fingerprint density at radius 1 is 1.20 bits per heavy atom. The molecule has 0 radical (unpaired) electrons. The second kappa shape index (κ2) is 7.53. The highest BCUT2D eigenvalue weighted by atomic mass is 16.5. The molecule has 0 heterocycles. The summed E-state index contributed by atoms with van der Waals surface area (Å²) in [4.78, 5) is 0. The van der Waals surface area contributed by atoms with E-state index in [4.69, 9.17) is 15.2 Å². The largest absolute Gasteiger partial charge is 0.493 e. The molecule has 1 aromatic carbocycles. The van der Waals surface area contributed by atoms with Crippen LogP contribution in [0, 0.1) is 5.92 Å². The number of rotatable bonds is 6. The Morgan fingerprint density at radius 3 is 2.60 bits per heavy atom. The quantitative estimate of drug-likeness (QED) is 0.858. The lowest BCUT2D eigenvalue weighted by atomic mass is 9.89.